The molecule has 4 aromatic rings. The molecule has 1 N–H and O–H groups in total. The molecule has 0 amide bonds. The normalized spacial score (nSPS) is 15.8. The first-order valence-corrected chi connectivity index (χ1v) is 13.0. The number of rotatable bonds is 4. The third-order valence-electron chi connectivity index (χ3n) is 5.87. The van der Waals surface area contributed by atoms with Crippen LogP contribution in [0.3, 0.4) is 0 Å². The van der Waals surface area contributed by atoms with Gasteiger partial charge in [0.05, 0.1) is 28.7 Å². The lowest BCUT2D eigenvalue weighted by atomic mass is 10.00. The van der Waals surface area contributed by atoms with Gasteiger partial charge in [0.2, 0.25) is 0 Å². The zero-order valence-electron chi connectivity index (χ0n) is 18.4. The fourth-order valence-electron chi connectivity index (χ4n) is 4.23. The molecule has 0 bridgehead atoms. The molecule has 10 heteroatoms. The van der Waals surface area contributed by atoms with Crippen LogP contribution in [0.2, 0.25) is 5.15 Å². The first-order valence-electron chi connectivity index (χ1n) is 10.8. The molecule has 0 spiro atoms. The van der Waals surface area contributed by atoms with Gasteiger partial charge < -0.3 is 5.32 Å². The van der Waals surface area contributed by atoms with Crippen LogP contribution in [0.1, 0.15) is 24.1 Å². The lowest BCUT2D eigenvalue weighted by Crippen LogP contribution is -2.32. The van der Waals surface area contributed by atoms with Gasteiger partial charge in [0.15, 0.2) is 5.65 Å². The van der Waals surface area contributed by atoms with Gasteiger partial charge in [0, 0.05) is 23.5 Å². The molecule has 172 valence electrons. The Kier molecular flexibility index (Phi) is 5.71. The van der Waals surface area contributed by atoms with Crippen molar-refractivity contribution in [3.05, 3.63) is 65.1 Å². The summed E-state index contributed by atoms with van der Waals surface area (Å²) in [6, 6.07) is 15.0. The fourth-order valence-corrected chi connectivity index (χ4v) is 5.97. The number of nitriles is 1. The molecule has 0 saturated carbocycles. The largest absolute Gasteiger partial charge is 0.367 e. The molecule has 1 aromatic carbocycles. The molecule has 0 unspecified atom stereocenters. The topological polar surface area (TPSA) is 113 Å². The zero-order valence-corrected chi connectivity index (χ0v) is 19.9. The van der Waals surface area contributed by atoms with Crippen molar-refractivity contribution < 1.29 is 8.42 Å². The van der Waals surface area contributed by atoms with E-state index in [4.69, 9.17) is 21.7 Å². The van der Waals surface area contributed by atoms with E-state index < -0.39 is 9.84 Å². The number of hydrogen-bond donors (Lipinski definition) is 1. The second-order valence-corrected chi connectivity index (χ2v) is 11.1. The third kappa shape index (κ3) is 4.47. The van der Waals surface area contributed by atoms with Gasteiger partial charge in [-0.2, -0.15) is 10.4 Å². The highest BCUT2D eigenvalue weighted by Crippen LogP contribution is 2.36. The molecular formula is C24H21ClN6O2S. The van der Waals surface area contributed by atoms with E-state index in [1.165, 1.54) is 0 Å². The van der Waals surface area contributed by atoms with E-state index in [1.54, 1.807) is 22.7 Å². The first kappa shape index (κ1) is 22.3. The molecule has 0 radical (unpaired) electrons. The molecule has 1 saturated heterocycles. The maximum atomic E-state index is 11.8. The first-order chi connectivity index (χ1) is 16.3. The minimum atomic E-state index is -2.94. The standard InChI is InChI=1S/C24H21ClN6O2S/c1-15-11-18(13-20(25)27-15)22-23(17-4-2-3-16(12-17)14-26)30-31-8-5-21(29-24(22)31)28-19-6-9-34(32,33)10-7-19/h2-5,8,11-13,19H,6-7,9-10H2,1H3,(H,28,29). The van der Waals surface area contributed by atoms with E-state index in [2.05, 4.69) is 16.4 Å². The van der Waals surface area contributed by atoms with Crippen LogP contribution in [-0.4, -0.2) is 45.5 Å². The van der Waals surface area contributed by atoms with Crippen LogP contribution >= 0.6 is 11.6 Å². The minimum Gasteiger partial charge on any atom is -0.367 e. The summed E-state index contributed by atoms with van der Waals surface area (Å²) < 4.78 is 25.2. The Morgan fingerprint density at radius 3 is 2.65 bits per heavy atom. The van der Waals surface area contributed by atoms with Crippen molar-refractivity contribution >= 4 is 32.9 Å². The Bertz CT molecular complexity index is 1520. The fraction of sp³-hybridized carbons (Fsp3) is 0.250. The molecule has 1 fully saturated rings. The minimum absolute atomic E-state index is 0.0363. The number of sulfone groups is 1. The summed E-state index contributed by atoms with van der Waals surface area (Å²) in [7, 11) is -2.94. The van der Waals surface area contributed by atoms with Crippen molar-refractivity contribution in [1.29, 1.82) is 5.26 Å². The smallest absolute Gasteiger partial charge is 0.165 e. The SMILES string of the molecule is Cc1cc(-c2c(-c3cccc(C#N)c3)nn3ccc(NC4CCS(=O)(=O)CC4)nc23)cc(Cl)n1. The van der Waals surface area contributed by atoms with Crippen LogP contribution in [0, 0.1) is 18.3 Å². The lowest BCUT2D eigenvalue weighted by molar-refractivity contribution is 0.559. The Balaban J connectivity index is 1.64. The molecule has 1 aliphatic rings. The Hall–Kier alpha value is -3.48. The van der Waals surface area contributed by atoms with Crippen molar-refractivity contribution in [3.63, 3.8) is 0 Å². The van der Waals surface area contributed by atoms with E-state index in [0.29, 0.717) is 40.7 Å². The molecule has 8 nitrogen and oxygen atoms in total. The number of fused-ring (bicyclic) bond motifs is 1. The van der Waals surface area contributed by atoms with Crippen molar-refractivity contribution in [2.45, 2.75) is 25.8 Å². The second-order valence-electron chi connectivity index (χ2n) is 8.39. The Morgan fingerprint density at radius 2 is 1.91 bits per heavy atom. The van der Waals surface area contributed by atoms with Crippen molar-refractivity contribution in [3.8, 4) is 28.5 Å². The van der Waals surface area contributed by atoms with Gasteiger partial charge in [-0.25, -0.2) is 22.9 Å². The van der Waals surface area contributed by atoms with Crippen molar-refractivity contribution in [2.24, 2.45) is 0 Å². The molecule has 0 atom stereocenters. The van der Waals surface area contributed by atoms with Crippen LogP contribution in [0.5, 0.6) is 0 Å². The number of aromatic nitrogens is 4. The van der Waals surface area contributed by atoms with Gasteiger partial charge >= 0.3 is 0 Å². The Labute approximate surface area is 202 Å². The number of halogens is 1. The molecule has 34 heavy (non-hydrogen) atoms. The predicted octanol–water partition coefficient (Wildman–Crippen LogP) is 4.28. The molecular weight excluding hydrogens is 472 g/mol. The summed E-state index contributed by atoms with van der Waals surface area (Å²) in [4.78, 5) is 9.12. The summed E-state index contributed by atoms with van der Waals surface area (Å²) in [5.74, 6) is 1.00. The quantitative estimate of drug-likeness (QED) is 0.423. The molecule has 5 rings (SSSR count). The maximum Gasteiger partial charge on any atom is 0.165 e. The molecule has 1 aliphatic heterocycles. The number of pyridine rings is 1. The summed E-state index contributed by atoms with van der Waals surface area (Å²) in [6.07, 6.45) is 2.92. The summed E-state index contributed by atoms with van der Waals surface area (Å²) >= 11 is 6.28. The highest BCUT2D eigenvalue weighted by Gasteiger charge is 2.24. The van der Waals surface area contributed by atoms with Crippen LogP contribution in [0.15, 0.2) is 48.7 Å². The van der Waals surface area contributed by atoms with Crippen LogP contribution in [0.25, 0.3) is 28.0 Å². The van der Waals surface area contributed by atoms with Crippen LogP contribution in [0.4, 0.5) is 5.82 Å². The van der Waals surface area contributed by atoms with Gasteiger partial charge in [-0.15, -0.1) is 0 Å². The van der Waals surface area contributed by atoms with E-state index in [9.17, 15) is 13.7 Å². The van der Waals surface area contributed by atoms with E-state index in [-0.39, 0.29) is 17.5 Å². The van der Waals surface area contributed by atoms with Crippen LogP contribution in [-0.2, 0) is 9.84 Å². The number of anilines is 1. The second kappa shape index (κ2) is 8.70. The van der Waals surface area contributed by atoms with E-state index in [1.807, 2.05) is 37.4 Å². The molecule has 3 aromatic heterocycles. The van der Waals surface area contributed by atoms with Gasteiger partial charge in [-0.05, 0) is 55.7 Å². The average molecular weight is 493 g/mol. The Morgan fingerprint density at radius 1 is 1.12 bits per heavy atom. The molecule has 4 heterocycles. The summed E-state index contributed by atoms with van der Waals surface area (Å²) in [5, 5.41) is 17.9. The average Bonchev–Trinajstić information content (AvgIpc) is 3.19. The van der Waals surface area contributed by atoms with Gasteiger partial charge in [-0.3, -0.25) is 0 Å². The number of hydrogen-bond acceptors (Lipinski definition) is 7. The predicted molar refractivity (Wildman–Crippen MR) is 131 cm³/mol. The van der Waals surface area contributed by atoms with Gasteiger partial charge in [-0.1, -0.05) is 23.7 Å². The van der Waals surface area contributed by atoms with E-state index >= 15 is 0 Å². The number of aryl methyl sites for hydroxylation is 1. The highest BCUT2D eigenvalue weighted by molar-refractivity contribution is 7.91. The number of nitrogens with zero attached hydrogens (tertiary/aromatic N) is 5. The third-order valence-corrected chi connectivity index (χ3v) is 7.78. The monoisotopic (exact) mass is 492 g/mol. The maximum absolute atomic E-state index is 11.8. The van der Waals surface area contributed by atoms with Gasteiger partial charge in [0.1, 0.15) is 26.5 Å². The lowest BCUT2D eigenvalue weighted by Gasteiger charge is -2.23. The van der Waals surface area contributed by atoms with E-state index in [0.717, 1.165) is 22.4 Å². The number of nitrogens with one attached hydrogen (secondary N) is 1. The number of benzene rings is 1. The summed E-state index contributed by atoms with van der Waals surface area (Å²) in [6.45, 7) is 1.87. The van der Waals surface area contributed by atoms with Gasteiger partial charge in [0.25, 0.3) is 0 Å². The molecule has 0 aliphatic carbocycles. The highest BCUT2D eigenvalue weighted by atomic mass is 35.5. The van der Waals surface area contributed by atoms with Crippen LogP contribution < -0.4 is 5.32 Å². The summed E-state index contributed by atoms with van der Waals surface area (Å²) in [5.41, 5.74) is 4.97. The zero-order chi connectivity index (χ0) is 23.9. The van der Waals surface area contributed by atoms with Crippen molar-refractivity contribution in [2.75, 3.05) is 16.8 Å². The van der Waals surface area contributed by atoms with Crippen molar-refractivity contribution in [1.82, 2.24) is 19.6 Å².